The van der Waals surface area contributed by atoms with Gasteiger partial charge in [0, 0.05) is 12.0 Å². The Morgan fingerprint density at radius 2 is 2.05 bits per heavy atom. The molecule has 0 bridgehead atoms. The predicted molar refractivity (Wildman–Crippen MR) is 82.5 cm³/mol. The Morgan fingerprint density at radius 1 is 1.24 bits per heavy atom. The predicted octanol–water partition coefficient (Wildman–Crippen LogP) is 3.89. The van der Waals surface area contributed by atoms with Crippen LogP contribution in [0.4, 0.5) is 4.39 Å². The maximum absolute atomic E-state index is 14.4. The van der Waals surface area contributed by atoms with Gasteiger partial charge in [0.2, 0.25) is 0 Å². The number of fused-ring (bicyclic) bond motifs is 1. The molecule has 2 atom stereocenters. The van der Waals surface area contributed by atoms with Crippen molar-refractivity contribution in [1.82, 2.24) is 4.90 Å². The van der Waals surface area contributed by atoms with Gasteiger partial charge in [-0.05, 0) is 38.1 Å². The number of unbranched alkanes of at least 4 members (excludes halogenated alkanes) is 2. The summed E-state index contributed by atoms with van der Waals surface area (Å²) in [7, 11) is 0. The van der Waals surface area contributed by atoms with Crippen LogP contribution in [0.15, 0.2) is 18.2 Å². The fraction of sp³-hybridized carbons (Fsp3) is 0.647. The minimum Gasteiger partial charge on any atom is -0.508 e. The highest BCUT2D eigenvalue weighted by Gasteiger charge is 2.35. The van der Waals surface area contributed by atoms with E-state index in [1.54, 1.807) is 18.2 Å². The topological polar surface area (TPSA) is 32.7 Å². The molecule has 0 fully saturated rings. The van der Waals surface area contributed by atoms with Gasteiger partial charge in [-0.3, -0.25) is 4.90 Å². The number of nitrogens with zero attached hydrogens (tertiary/aromatic N) is 1. The highest BCUT2D eigenvalue weighted by molar-refractivity contribution is 5.45. The van der Waals surface area contributed by atoms with Crippen molar-refractivity contribution in [3.63, 3.8) is 0 Å². The van der Waals surface area contributed by atoms with E-state index >= 15 is 0 Å². The van der Waals surface area contributed by atoms with Gasteiger partial charge >= 0.3 is 0 Å². The third-order valence-electron chi connectivity index (χ3n) is 4.09. The van der Waals surface area contributed by atoms with Crippen LogP contribution >= 0.6 is 0 Å². The number of alkyl halides is 1. The standard InChI is InChI=1S/C17H26FNO2/c1-3-5-6-11-19(10-4-2)14-12-13-15(20)8-7-9-16(13)21-17(14)18/h7-9,14,17,20H,3-6,10-12H2,1-2H3. The van der Waals surface area contributed by atoms with Crippen LogP contribution in [0.1, 0.15) is 45.1 Å². The van der Waals surface area contributed by atoms with E-state index in [1.807, 2.05) is 0 Å². The summed E-state index contributed by atoms with van der Waals surface area (Å²) in [5, 5.41) is 9.97. The van der Waals surface area contributed by atoms with Gasteiger partial charge < -0.3 is 9.84 Å². The fourth-order valence-corrected chi connectivity index (χ4v) is 2.96. The Hall–Kier alpha value is -1.29. The molecule has 3 nitrogen and oxygen atoms in total. The maximum atomic E-state index is 14.4. The molecule has 118 valence electrons. The van der Waals surface area contributed by atoms with E-state index in [9.17, 15) is 9.50 Å². The van der Waals surface area contributed by atoms with E-state index in [-0.39, 0.29) is 11.8 Å². The van der Waals surface area contributed by atoms with Crippen LogP contribution in [-0.4, -0.2) is 35.5 Å². The van der Waals surface area contributed by atoms with Gasteiger partial charge in [0.25, 0.3) is 6.36 Å². The van der Waals surface area contributed by atoms with Crippen LogP contribution in [0, 0.1) is 0 Å². The molecule has 2 rings (SSSR count). The van der Waals surface area contributed by atoms with E-state index in [0.717, 1.165) is 44.3 Å². The first-order valence-corrected chi connectivity index (χ1v) is 8.03. The van der Waals surface area contributed by atoms with Crippen LogP contribution in [0.3, 0.4) is 0 Å². The second-order valence-corrected chi connectivity index (χ2v) is 5.74. The van der Waals surface area contributed by atoms with Crippen molar-refractivity contribution in [3.05, 3.63) is 23.8 Å². The second-order valence-electron chi connectivity index (χ2n) is 5.74. The normalized spacial score (nSPS) is 21.1. The summed E-state index contributed by atoms with van der Waals surface area (Å²) in [5.74, 6) is 0.679. The Kier molecular flexibility index (Phi) is 5.85. The molecule has 0 saturated carbocycles. The van der Waals surface area contributed by atoms with E-state index in [1.165, 1.54) is 0 Å². The molecule has 1 aliphatic heterocycles. The molecular weight excluding hydrogens is 269 g/mol. The monoisotopic (exact) mass is 295 g/mol. The van der Waals surface area contributed by atoms with Crippen molar-refractivity contribution in [2.75, 3.05) is 13.1 Å². The summed E-state index contributed by atoms with van der Waals surface area (Å²) in [6.07, 6.45) is 3.56. The molecule has 1 aromatic rings. The molecule has 0 saturated heterocycles. The van der Waals surface area contributed by atoms with E-state index < -0.39 is 6.36 Å². The molecule has 21 heavy (non-hydrogen) atoms. The van der Waals surface area contributed by atoms with Crippen LogP contribution in [-0.2, 0) is 6.42 Å². The number of benzene rings is 1. The average Bonchev–Trinajstić information content (AvgIpc) is 2.46. The van der Waals surface area contributed by atoms with Crippen molar-refractivity contribution in [3.8, 4) is 11.5 Å². The molecule has 1 heterocycles. The largest absolute Gasteiger partial charge is 0.508 e. The molecule has 0 radical (unpaired) electrons. The number of hydrogen-bond donors (Lipinski definition) is 1. The SMILES string of the molecule is CCCCCN(CCC)C1Cc2c(O)cccc2OC1F. The first-order valence-electron chi connectivity index (χ1n) is 8.03. The molecule has 1 N–H and O–H groups in total. The zero-order valence-electron chi connectivity index (χ0n) is 13.0. The van der Waals surface area contributed by atoms with Crippen LogP contribution in [0.2, 0.25) is 0 Å². The van der Waals surface area contributed by atoms with Crippen molar-refractivity contribution < 1.29 is 14.2 Å². The summed E-state index contributed by atoms with van der Waals surface area (Å²) >= 11 is 0. The molecule has 4 heteroatoms. The number of hydrogen-bond acceptors (Lipinski definition) is 3. The highest BCUT2D eigenvalue weighted by atomic mass is 19.1. The lowest BCUT2D eigenvalue weighted by atomic mass is 9.99. The molecule has 0 aromatic heterocycles. The fourth-order valence-electron chi connectivity index (χ4n) is 2.96. The third-order valence-corrected chi connectivity index (χ3v) is 4.09. The van der Waals surface area contributed by atoms with Crippen LogP contribution in [0.5, 0.6) is 11.5 Å². The molecule has 0 spiro atoms. The maximum Gasteiger partial charge on any atom is 0.254 e. The number of phenols is 1. The number of halogens is 1. The third kappa shape index (κ3) is 3.88. The lowest BCUT2D eigenvalue weighted by Gasteiger charge is -2.37. The molecular formula is C17H26FNO2. The molecule has 1 aliphatic rings. The molecule has 1 aromatic carbocycles. The lowest BCUT2D eigenvalue weighted by Crippen LogP contribution is -2.48. The van der Waals surface area contributed by atoms with Crippen molar-refractivity contribution in [2.45, 2.75) is 58.4 Å². The smallest absolute Gasteiger partial charge is 0.254 e. The van der Waals surface area contributed by atoms with E-state index in [0.29, 0.717) is 12.2 Å². The van der Waals surface area contributed by atoms with Crippen LogP contribution in [0.25, 0.3) is 0 Å². The highest BCUT2D eigenvalue weighted by Crippen LogP contribution is 2.36. The summed E-state index contributed by atoms with van der Waals surface area (Å²) in [5.41, 5.74) is 0.730. The zero-order chi connectivity index (χ0) is 15.2. The van der Waals surface area contributed by atoms with Crippen LogP contribution < -0.4 is 4.74 Å². The summed E-state index contributed by atoms with van der Waals surface area (Å²) in [4.78, 5) is 2.18. The number of rotatable bonds is 7. The first-order chi connectivity index (χ1) is 10.2. The zero-order valence-corrected chi connectivity index (χ0v) is 13.0. The average molecular weight is 295 g/mol. The summed E-state index contributed by atoms with van der Waals surface area (Å²) in [6.45, 7) is 6.02. The van der Waals surface area contributed by atoms with Gasteiger partial charge in [-0.1, -0.05) is 32.8 Å². The number of phenolic OH excluding ortho intramolecular Hbond substituents is 1. The van der Waals surface area contributed by atoms with Crippen molar-refractivity contribution in [2.24, 2.45) is 0 Å². The van der Waals surface area contributed by atoms with Gasteiger partial charge in [-0.15, -0.1) is 0 Å². The minimum absolute atomic E-state index is 0.203. The van der Waals surface area contributed by atoms with Gasteiger partial charge in [-0.25, -0.2) is 4.39 Å². The van der Waals surface area contributed by atoms with Gasteiger partial charge in [0.05, 0.1) is 6.04 Å². The van der Waals surface area contributed by atoms with Gasteiger partial charge in [-0.2, -0.15) is 0 Å². The Bertz CT molecular complexity index is 452. The first kappa shape index (κ1) is 16.1. The second kappa shape index (κ2) is 7.64. The number of aromatic hydroxyl groups is 1. The molecule has 2 unspecified atom stereocenters. The van der Waals surface area contributed by atoms with Gasteiger partial charge in [0.15, 0.2) is 0 Å². The minimum atomic E-state index is -1.33. The number of ether oxygens (including phenoxy) is 1. The van der Waals surface area contributed by atoms with E-state index in [4.69, 9.17) is 4.74 Å². The Labute approximate surface area is 126 Å². The molecule has 0 amide bonds. The van der Waals surface area contributed by atoms with Crippen molar-refractivity contribution in [1.29, 1.82) is 0 Å². The Balaban J connectivity index is 2.11. The van der Waals surface area contributed by atoms with E-state index in [2.05, 4.69) is 18.7 Å². The quantitative estimate of drug-likeness (QED) is 0.775. The van der Waals surface area contributed by atoms with Gasteiger partial charge in [0.1, 0.15) is 11.5 Å². The lowest BCUT2D eigenvalue weighted by molar-refractivity contribution is -0.0339. The Morgan fingerprint density at radius 3 is 2.76 bits per heavy atom. The summed E-state index contributed by atoms with van der Waals surface area (Å²) in [6, 6.07) is 4.74. The van der Waals surface area contributed by atoms with Crippen molar-refractivity contribution >= 4 is 0 Å². The summed E-state index contributed by atoms with van der Waals surface area (Å²) < 4.78 is 19.8. The molecule has 0 aliphatic carbocycles.